The summed E-state index contributed by atoms with van der Waals surface area (Å²) in [5.74, 6) is 0. The maximum Gasteiger partial charge on any atom is 0.0591 e. The highest BCUT2D eigenvalue weighted by Gasteiger charge is 1.93. The number of hydrogen-bond donors (Lipinski definition) is 2. The molecule has 0 radical (unpaired) electrons. The standard InChI is InChI=1S/C10H23N.C4H9NO/c1-2-3-4-5-6-7-8-9-10-11;1-3-6-4-2-5-1/h2-11H2,1H3;5H,1-4H2. The third-order valence-corrected chi connectivity index (χ3v) is 2.90. The van der Waals surface area contributed by atoms with Gasteiger partial charge in [-0.05, 0) is 13.0 Å². The van der Waals surface area contributed by atoms with Crippen molar-refractivity contribution in [3.8, 4) is 0 Å². The number of morpholine rings is 1. The summed E-state index contributed by atoms with van der Waals surface area (Å²) in [5, 5.41) is 3.16. The molecular formula is C14H32N2O. The van der Waals surface area contributed by atoms with Crippen LogP contribution in [-0.2, 0) is 4.74 Å². The molecule has 0 amide bonds. The summed E-state index contributed by atoms with van der Waals surface area (Å²) in [7, 11) is 0. The summed E-state index contributed by atoms with van der Waals surface area (Å²) in [6, 6.07) is 0. The molecule has 1 aliphatic heterocycles. The Morgan fingerprint density at radius 2 is 1.41 bits per heavy atom. The van der Waals surface area contributed by atoms with E-state index in [-0.39, 0.29) is 0 Å². The van der Waals surface area contributed by atoms with E-state index in [1.54, 1.807) is 0 Å². The summed E-state index contributed by atoms with van der Waals surface area (Å²) in [4.78, 5) is 0. The van der Waals surface area contributed by atoms with Gasteiger partial charge < -0.3 is 15.8 Å². The number of hydrogen-bond acceptors (Lipinski definition) is 3. The van der Waals surface area contributed by atoms with Crippen molar-refractivity contribution < 1.29 is 4.74 Å². The zero-order valence-electron chi connectivity index (χ0n) is 11.7. The van der Waals surface area contributed by atoms with Gasteiger partial charge in [-0.3, -0.25) is 0 Å². The van der Waals surface area contributed by atoms with Crippen molar-refractivity contribution in [2.24, 2.45) is 5.73 Å². The molecule has 104 valence electrons. The molecule has 17 heavy (non-hydrogen) atoms. The summed E-state index contributed by atoms with van der Waals surface area (Å²) >= 11 is 0. The van der Waals surface area contributed by atoms with Gasteiger partial charge >= 0.3 is 0 Å². The monoisotopic (exact) mass is 244 g/mol. The molecule has 1 fully saturated rings. The molecule has 1 saturated heterocycles. The molecule has 0 saturated carbocycles. The van der Waals surface area contributed by atoms with Crippen LogP contribution in [0.15, 0.2) is 0 Å². The molecule has 1 rings (SSSR count). The third kappa shape index (κ3) is 15.9. The van der Waals surface area contributed by atoms with E-state index in [0.717, 1.165) is 32.8 Å². The second-order valence-electron chi connectivity index (χ2n) is 4.63. The molecule has 0 aliphatic carbocycles. The largest absolute Gasteiger partial charge is 0.379 e. The first kappa shape index (κ1) is 16.9. The SMILES string of the molecule is C1COCCN1.CCCCCCCCCCN. The normalized spacial score (nSPS) is 15.2. The van der Waals surface area contributed by atoms with Gasteiger partial charge in [0.1, 0.15) is 0 Å². The fourth-order valence-corrected chi connectivity index (χ4v) is 1.79. The Labute approximate surface area is 107 Å². The molecule has 3 nitrogen and oxygen atoms in total. The molecule has 3 heteroatoms. The van der Waals surface area contributed by atoms with Crippen LogP contribution >= 0.6 is 0 Å². The van der Waals surface area contributed by atoms with Crippen molar-refractivity contribution in [1.29, 1.82) is 0 Å². The van der Waals surface area contributed by atoms with Crippen molar-refractivity contribution in [2.45, 2.75) is 58.3 Å². The Balaban J connectivity index is 0.000000354. The number of nitrogens with two attached hydrogens (primary N) is 1. The lowest BCUT2D eigenvalue weighted by Gasteiger charge is -2.10. The highest BCUT2D eigenvalue weighted by Crippen LogP contribution is 2.07. The molecule has 1 heterocycles. The number of rotatable bonds is 8. The van der Waals surface area contributed by atoms with Crippen LogP contribution in [0.25, 0.3) is 0 Å². The van der Waals surface area contributed by atoms with E-state index in [1.165, 1.54) is 51.4 Å². The molecule has 0 atom stereocenters. The number of nitrogens with one attached hydrogen (secondary N) is 1. The maximum atomic E-state index is 5.39. The van der Waals surface area contributed by atoms with Crippen LogP contribution in [0, 0.1) is 0 Å². The molecule has 0 aromatic carbocycles. The first-order valence-corrected chi connectivity index (χ1v) is 7.40. The average molecular weight is 244 g/mol. The molecule has 0 unspecified atom stereocenters. The highest BCUT2D eigenvalue weighted by molar-refractivity contribution is 4.49. The van der Waals surface area contributed by atoms with Gasteiger partial charge in [0.15, 0.2) is 0 Å². The van der Waals surface area contributed by atoms with E-state index < -0.39 is 0 Å². The fourth-order valence-electron chi connectivity index (χ4n) is 1.79. The fraction of sp³-hybridized carbons (Fsp3) is 1.00. The quantitative estimate of drug-likeness (QED) is 0.645. The molecule has 1 aliphatic rings. The Hall–Kier alpha value is -0.120. The summed E-state index contributed by atoms with van der Waals surface area (Å²) in [5.41, 5.74) is 5.39. The molecular weight excluding hydrogens is 212 g/mol. The minimum Gasteiger partial charge on any atom is -0.379 e. The Bertz CT molecular complexity index is 108. The van der Waals surface area contributed by atoms with Gasteiger partial charge in [0.25, 0.3) is 0 Å². The zero-order valence-corrected chi connectivity index (χ0v) is 11.7. The minimum absolute atomic E-state index is 0.870. The van der Waals surface area contributed by atoms with Crippen molar-refractivity contribution in [3.05, 3.63) is 0 Å². The smallest absolute Gasteiger partial charge is 0.0591 e. The average Bonchev–Trinajstić information content (AvgIpc) is 2.41. The van der Waals surface area contributed by atoms with Gasteiger partial charge in [-0.2, -0.15) is 0 Å². The highest BCUT2D eigenvalue weighted by atomic mass is 16.5. The molecule has 0 aromatic rings. The van der Waals surface area contributed by atoms with Gasteiger partial charge in [0.05, 0.1) is 13.2 Å². The first-order valence-electron chi connectivity index (χ1n) is 7.40. The predicted octanol–water partition coefficient (Wildman–Crippen LogP) is 2.69. The maximum absolute atomic E-state index is 5.39. The van der Waals surface area contributed by atoms with Crippen LogP contribution < -0.4 is 11.1 Å². The van der Waals surface area contributed by atoms with Crippen LogP contribution in [0.1, 0.15) is 58.3 Å². The van der Waals surface area contributed by atoms with Gasteiger partial charge in [0.2, 0.25) is 0 Å². The molecule has 0 bridgehead atoms. The number of ether oxygens (including phenoxy) is 1. The van der Waals surface area contributed by atoms with Crippen LogP contribution in [0.4, 0.5) is 0 Å². The van der Waals surface area contributed by atoms with Crippen molar-refractivity contribution >= 4 is 0 Å². The van der Waals surface area contributed by atoms with E-state index in [2.05, 4.69) is 12.2 Å². The second-order valence-corrected chi connectivity index (χ2v) is 4.63. The van der Waals surface area contributed by atoms with E-state index >= 15 is 0 Å². The Morgan fingerprint density at radius 1 is 0.882 bits per heavy atom. The summed E-state index contributed by atoms with van der Waals surface area (Å²) in [6.45, 7) is 6.96. The summed E-state index contributed by atoms with van der Waals surface area (Å²) in [6.07, 6.45) is 11.0. The van der Waals surface area contributed by atoms with Crippen LogP contribution in [0.5, 0.6) is 0 Å². The number of unbranched alkanes of at least 4 members (excludes halogenated alkanes) is 7. The van der Waals surface area contributed by atoms with E-state index in [9.17, 15) is 0 Å². The lowest BCUT2D eigenvalue weighted by atomic mass is 10.1. The lowest BCUT2D eigenvalue weighted by Crippen LogP contribution is -2.30. The van der Waals surface area contributed by atoms with Gasteiger partial charge in [-0.1, -0.05) is 51.9 Å². The lowest BCUT2D eigenvalue weighted by molar-refractivity contribution is 0.109. The van der Waals surface area contributed by atoms with E-state index in [1.807, 2.05) is 0 Å². The van der Waals surface area contributed by atoms with E-state index in [0.29, 0.717) is 0 Å². The second kappa shape index (κ2) is 15.9. The van der Waals surface area contributed by atoms with Crippen LogP contribution in [-0.4, -0.2) is 32.8 Å². The molecule has 0 spiro atoms. The summed E-state index contributed by atoms with van der Waals surface area (Å²) < 4.78 is 5.01. The third-order valence-electron chi connectivity index (χ3n) is 2.90. The van der Waals surface area contributed by atoms with Crippen LogP contribution in [0.2, 0.25) is 0 Å². The Morgan fingerprint density at radius 3 is 1.76 bits per heavy atom. The van der Waals surface area contributed by atoms with Gasteiger partial charge in [-0.15, -0.1) is 0 Å². The van der Waals surface area contributed by atoms with Crippen molar-refractivity contribution in [3.63, 3.8) is 0 Å². The van der Waals surface area contributed by atoms with Crippen molar-refractivity contribution in [2.75, 3.05) is 32.8 Å². The predicted molar refractivity (Wildman–Crippen MR) is 75.4 cm³/mol. The molecule has 3 N–H and O–H groups in total. The van der Waals surface area contributed by atoms with E-state index in [4.69, 9.17) is 10.5 Å². The zero-order chi connectivity index (χ0) is 12.6. The minimum atomic E-state index is 0.870. The van der Waals surface area contributed by atoms with Gasteiger partial charge in [0, 0.05) is 13.1 Å². The molecule has 0 aromatic heterocycles. The topological polar surface area (TPSA) is 47.3 Å². The Kier molecular flexibility index (Phi) is 15.8. The first-order chi connectivity index (χ1) is 8.41. The van der Waals surface area contributed by atoms with Gasteiger partial charge in [-0.25, -0.2) is 0 Å². The van der Waals surface area contributed by atoms with Crippen molar-refractivity contribution in [1.82, 2.24) is 5.32 Å². The van der Waals surface area contributed by atoms with Crippen LogP contribution in [0.3, 0.4) is 0 Å².